The highest BCUT2D eigenvalue weighted by Gasteiger charge is 2.19. The molecule has 1 aromatic rings. The van der Waals surface area contributed by atoms with Crippen LogP contribution in [0.5, 0.6) is 0 Å². The second-order valence-electron chi connectivity index (χ2n) is 4.87. The first kappa shape index (κ1) is 15.5. The van der Waals surface area contributed by atoms with E-state index in [2.05, 4.69) is 53.6 Å². The number of anilines is 1. The number of nitrogens with zero attached hydrogens (tertiary/aromatic N) is 3. The van der Waals surface area contributed by atoms with E-state index in [1.54, 1.807) is 0 Å². The molecule has 0 spiro atoms. The van der Waals surface area contributed by atoms with Crippen molar-refractivity contribution in [2.75, 3.05) is 18.0 Å². The van der Waals surface area contributed by atoms with Crippen LogP contribution < -0.4 is 4.90 Å². The van der Waals surface area contributed by atoms with Crippen LogP contribution >= 0.6 is 15.9 Å². The minimum Gasteiger partial charge on any atom is -0.357 e. The summed E-state index contributed by atoms with van der Waals surface area (Å²) in [4.78, 5) is 2.47. The molecule has 0 amide bonds. The van der Waals surface area contributed by atoms with E-state index in [0.29, 0.717) is 0 Å². The largest absolute Gasteiger partial charge is 0.357 e. The first-order valence-corrected chi connectivity index (χ1v) is 8.04. The minimum absolute atomic E-state index is 0.767. The summed E-state index contributed by atoms with van der Waals surface area (Å²) in [5.74, 6) is 2.04. The van der Waals surface area contributed by atoms with Gasteiger partial charge in [0.25, 0.3) is 0 Å². The Morgan fingerprint density at radius 3 is 2.33 bits per heavy atom. The SMILES string of the molecule is CCC(CC)CN(CC)c1c(CBr)c(C)nn1C. The number of aromatic nitrogens is 2. The van der Waals surface area contributed by atoms with Crippen LogP contribution in [0.2, 0.25) is 0 Å². The van der Waals surface area contributed by atoms with Gasteiger partial charge in [0, 0.05) is 31.0 Å². The summed E-state index contributed by atoms with van der Waals surface area (Å²) in [5.41, 5.74) is 2.46. The van der Waals surface area contributed by atoms with Crippen molar-refractivity contribution < 1.29 is 0 Å². The summed E-state index contributed by atoms with van der Waals surface area (Å²) in [5, 5.41) is 5.43. The Labute approximate surface area is 120 Å². The first-order chi connectivity index (χ1) is 8.58. The van der Waals surface area contributed by atoms with Gasteiger partial charge in [-0.25, -0.2) is 0 Å². The summed E-state index contributed by atoms with van der Waals surface area (Å²) in [6, 6.07) is 0. The minimum atomic E-state index is 0.767. The van der Waals surface area contributed by atoms with Crippen molar-refractivity contribution in [3.63, 3.8) is 0 Å². The summed E-state index contributed by atoms with van der Waals surface area (Å²) >= 11 is 3.59. The molecule has 0 saturated heterocycles. The lowest BCUT2D eigenvalue weighted by molar-refractivity contribution is 0.480. The maximum Gasteiger partial charge on any atom is 0.130 e. The van der Waals surface area contributed by atoms with E-state index in [1.165, 1.54) is 24.2 Å². The van der Waals surface area contributed by atoms with Gasteiger partial charge >= 0.3 is 0 Å². The van der Waals surface area contributed by atoms with E-state index >= 15 is 0 Å². The molecule has 0 aliphatic carbocycles. The lowest BCUT2D eigenvalue weighted by atomic mass is 10.0. The zero-order chi connectivity index (χ0) is 13.7. The monoisotopic (exact) mass is 315 g/mol. The average Bonchev–Trinajstić information content (AvgIpc) is 2.65. The topological polar surface area (TPSA) is 21.1 Å². The molecule has 1 rings (SSSR count). The van der Waals surface area contributed by atoms with Gasteiger partial charge < -0.3 is 4.90 Å². The summed E-state index contributed by atoms with van der Waals surface area (Å²) < 4.78 is 2.03. The van der Waals surface area contributed by atoms with Crippen molar-refractivity contribution in [2.45, 2.75) is 45.9 Å². The molecule has 18 heavy (non-hydrogen) atoms. The van der Waals surface area contributed by atoms with Crippen LogP contribution in [0.3, 0.4) is 0 Å². The van der Waals surface area contributed by atoms with Crippen LogP contribution in [0.15, 0.2) is 0 Å². The maximum absolute atomic E-state index is 4.55. The van der Waals surface area contributed by atoms with Gasteiger partial charge in [-0.15, -0.1) is 0 Å². The van der Waals surface area contributed by atoms with Gasteiger partial charge in [-0.2, -0.15) is 5.10 Å². The predicted molar refractivity (Wildman–Crippen MR) is 82.5 cm³/mol. The van der Waals surface area contributed by atoms with Gasteiger partial charge in [0.2, 0.25) is 0 Å². The molecule has 4 heteroatoms. The molecule has 0 aliphatic rings. The van der Waals surface area contributed by atoms with Crippen LogP contribution in [0.1, 0.15) is 44.9 Å². The molecule has 0 fully saturated rings. The molecule has 0 N–H and O–H groups in total. The Morgan fingerprint density at radius 1 is 1.28 bits per heavy atom. The van der Waals surface area contributed by atoms with Crippen molar-refractivity contribution in [1.29, 1.82) is 0 Å². The second-order valence-corrected chi connectivity index (χ2v) is 5.43. The molecule has 1 aromatic heterocycles. The van der Waals surface area contributed by atoms with E-state index in [4.69, 9.17) is 0 Å². The van der Waals surface area contributed by atoms with Crippen molar-refractivity contribution >= 4 is 21.7 Å². The highest BCUT2D eigenvalue weighted by molar-refractivity contribution is 9.08. The number of rotatable bonds is 7. The third-order valence-corrected chi connectivity index (χ3v) is 4.32. The molecule has 0 atom stereocenters. The average molecular weight is 316 g/mol. The molecule has 0 saturated carbocycles. The number of aryl methyl sites for hydroxylation is 2. The van der Waals surface area contributed by atoms with Gasteiger partial charge in [0.05, 0.1) is 5.69 Å². The van der Waals surface area contributed by atoms with Crippen molar-refractivity contribution in [1.82, 2.24) is 9.78 Å². The fourth-order valence-electron chi connectivity index (χ4n) is 2.47. The number of alkyl halides is 1. The zero-order valence-corrected chi connectivity index (χ0v) is 13.9. The van der Waals surface area contributed by atoms with Crippen LogP contribution in [-0.4, -0.2) is 22.9 Å². The predicted octanol–water partition coefficient (Wildman–Crippen LogP) is 3.89. The zero-order valence-electron chi connectivity index (χ0n) is 12.3. The normalized spacial score (nSPS) is 11.3. The lowest BCUT2D eigenvalue weighted by Crippen LogP contribution is -2.31. The van der Waals surface area contributed by atoms with Crippen LogP contribution in [-0.2, 0) is 12.4 Å². The molecule has 3 nitrogen and oxygen atoms in total. The van der Waals surface area contributed by atoms with Gasteiger partial charge in [-0.3, -0.25) is 4.68 Å². The Balaban J connectivity index is 3.01. The van der Waals surface area contributed by atoms with E-state index in [-0.39, 0.29) is 0 Å². The highest BCUT2D eigenvalue weighted by atomic mass is 79.9. The number of halogens is 1. The summed E-state index contributed by atoms with van der Waals surface area (Å²) in [6.45, 7) is 11.0. The highest BCUT2D eigenvalue weighted by Crippen LogP contribution is 2.26. The first-order valence-electron chi connectivity index (χ1n) is 6.92. The standard InChI is InChI=1S/C14H26BrN3/c1-6-12(7-2)10-18(8-3)14-13(9-15)11(4)16-17(14)5/h12H,6-10H2,1-5H3. The molecular weight excluding hydrogens is 290 g/mol. The van der Waals surface area contributed by atoms with Crippen molar-refractivity contribution in [2.24, 2.45) is 13.0 Å². The quantitative estimate of drug-likeness (QED) is 0.712. The van der Waals surface area contributed by atoms with Gasteiger partial charge in [-0.05, 0) is 19.8 Å². The Hall–Kier alpha value is -0.510. The molecule has 0 aliphatic heterocycles. The van der Waals surface area contributed by atoms with E-state index < -0.39 is 0 Å². The summed E-state index contributed by atoms with van der Waals surface area (Å²) in [6.07, 6.45) is 2.49. The molecule has 0 bridgehead atoms. The third-order valence-electron chi connectivity index (χ3n) is 3.76. The van der Waals surface area contributed by atoms with Gasteiger partial charge in [0.15, 0.2) is 0 Å². The number of hydrogen-bond acceptors (Lipinski definition) is 2. The Kier molecular flexibility index (Phi) is 6.19. The Bertz CT molecular complexity index is 369. The fraction of sp³-hybridized carbons (Fsp3) is 0.786. The van der Waals surface area contributed by atoms with Gasteiger partial charge in [-0.1, -0.05) is 42.6 Å². The molecule has 104 valence electrons. The summed E-state index contributed by atoms with van der Waals surface area (Å²) in [7, 11) is 2.05. The Morgan fingerprint density at radius 2 is 1.89 bits per heavy atom. The molecule has 0 aromatic carbocycles. The fourth-order valence-corrected chi connectivity index (χ4v) is 3.12. The van der Waals surface area contributed by atoms with Crippen LogP contribution in [0.25, 0.3) is 0 Å². The van der Waals surface area contributed by atoms with E-state index in [9.17, 15) is 0 Å². The van der Waals surface area contributed by atoms with Crippen molar-refractivity contribution in [3.8, 4) is 0 Å². The lowest BCUT2D eigenvalue weighted by Gasteiger charge is -2.28. The van der Waals surface area contributed by atoms with E-state index in [0.717, 1.165) is 30.0 Å². The molecule has 0 radical (unpaired) electrons. The molecule has 1 heterocycles. The maximum atomic E-state index is 4.55. The number of hydrogen-bond donors (Lipinski definition) is 0. The smallest absolute Gasteiger partial charge is 0.130 e. The molecule has 0 unspecified atom stereocenters. The van der Waals surface area contributed by atoms with E-state index in [1.807, 2.05) is 11.7 Å². The van der Waals surface area contributed by atoms with Crippen LogP contribution in [0.4, 0.5) is 5.82 Å². The second kappa shape index (κ2) is 7.17. The third kappa shape index (κ3) is 3.28. The van der Waals surface area contributed by atoms with Gasteiger partial charge in [0.1, 0.15) is 5.82 Å². The molecular formula is C14H26BrN3. The van der Waals surface area contributed by atoms with Crippen LogP contribution in [0, 0.1) is 12.8 Å². The van der Waals surface area contributed by atoms with Crippen molar-refractivity contribution in [3.05, 3.63) is 11.3 Å².